The molecule has 3 aromatic rings. The Kier molecular flexibility index (Phi) is 3.74. The highest BCUT2D eigenvalue weighted by Crippen LogP contribution is 2.58. The maximum atomic E-state index is 12.4. The molecule has 29 heavy (non-hydrogen) atoms. The van der Waals surface area contributed by atoms with Gasteiger partial charge in [0.2, 0.25) is 5.88 Å². The minimum atomic E-state index is -2.86. The van der Waals surface area contributed by atoms with E-state index in [9.17, 15) is 8.78 Å². The lowest BCUT2D eigenvalue weighted by Crippen LogP contribution is -2.24. The first-order valence-electron chi connectivity index (χ1n) is 9.70. The van der Waals surface area contributed by atoms with Crippen molar-refractivity contribution >= 4 is 5.65 Å². The molecule has 7 nitrogen and oxygen atoms in total. The lowest BCUT2D eigenvalue weighted by Gasteiger charge is -2.20. The zero-order valence-corrected chi connectivity index (χ0v) is 15.3. The summed E-state index contributed by atoms with van der Waals surface area (Å²) in [7, 11) is 0. The van der Waals surface area contributed by atoms with E-state index in [4.69, 9.17) is 9.47 Å². The van der Waals surface area contributed by atoms with E-state index >= 15 is 0 Å². The number of nitrogens with zero attached hydrogens (tertiary/aromatic N) is 4. The molecule has 2 aliphatic carbocycles. The fraction of sp³-hybridized carbons (Fsp3) is 0.450. The Balaban J connectivity index is 1.26. The summed E-state index contributed by atoms with van der Waals surface area (Å²) >= 11 is 0. The van der Waals surface area contributed by atoms with E-state index in [-0.39, 0.29) is 5.75 Å². The van der Waals surface area contributed by atoms with Crippen molar-refractivity contribution < 1.29 is 23.0 Å². The molecule has 1 aliphatic heterocycles. The quantitative estimate of drug-likeness (QED) is 0.592. The summed E-state index contributed by atoms with van der Waals surface area (Å²) in [5.41, 5.74) is 1.27. The van der Waals surface area contributed by atoms with Crippen LogP contribution in [0.2, 0.25) is 0 Å². The van der Waals surface area contributed by atoms with Gasteiger partial charge in [0.15, 0.2) is 11.5 Å². The second kappa shape index (κ2) is 6.35. The zero-order chi connectivity index (χ0) is 19.5. The van der Waals surface area contributed by atoms with E-state index in [1.165, 1.54) is 18.6 Å². The Labute approximate surface area is 164 Å². The van der Waals surface area contributed by atoms with Crippen LogP contribution in [0.1, 0.15) is 12.8 Å². The van der Waals surface area contributed by atoms with Gasteiger partial charge in [-0.2, -0.15) is 8.78 Å². The summed E-state index contributed by atoms with van der Waals surface area (Å²) in [6, 6.07) is 6.29. The molecule has 6 rings (SSSR count). The van der Waals surface area contributed by atoms with Gasteiger partial charge in [0.25, 0.3) is 0 Å². The first kappa shape index (κ1) is 17.1. The molecule has 1 unspecified atom stereocenters. The number of hydrogen-bond donors (Lipinski definition) is 0. The number of alkyl halides is 2. The Bertz CT molecular complexity index is 1060. The average molecular weight is 400 g/mol. The topological polar surface area (TPSA) is 74.1 Å². The molecule has 0 radical (unpaired) electrons. The third-order valence-electron chi connectivity index (χ3n) is 6.30. The average Bonchev–Trinajstić information content (AvgIpc) is 3.08. The lowest BCUT2D eigenvalue weighted by atomic mass is 9.89. The lowest BCUT2D eigenvalue weighted by molar-refractivity contribution is -0.0498. The largest absolute Gasteiger partial charge is 0.477 e. The minimum absolute atomic E-state index is 0.0904. The van der Waals surface area contributed by atoms with E-state index in [2.05, 4.69) is 19.9 Å². The van der Waals surface area contributed by atoms with Gasteiger partial charge < -0.3 is 14.2 Å². The van der Waals surface area contributed by atoms with Crippen molar-refractivity contribution in [1.29, 1.82) is 0 Å². The van der Waals surface area contributed by atoms with Crippen LogP contribution in [-0.4, -0.2) is 45.0 Å². The highest BCUT2D eigenvalue weighted by atomic mass is 19.3. The third kappa shape index (κ3) is 2.83. The summed E-state index contributed by atoms with van der Waals surface area (Å²) in [6.07, 6.45) is 6.60. The smallest absolute Gasteiger partial charge is 0.387 e. The molecule has 9 heteroatoms. The van der Waals surface area contributed by atoms with Crippen molar-refractivity contribution in [1.82, 2.24) is 19.6 Å². The highest BCUT2D eigenvalue weighted by molar-refractivity contribution is 5.61. The monoisotopic (exact) mass is 400 g/mol. The number of fused-ring (bicyclic) bond motifs is 6. The molecule has 0 spiro atoms. The van der Waals surface area contributed by atoms with Gasteiger partial charge in [-0.05, 0) is 54.9 Å². The molecule has 5 atom stereocenters. The summed E-state index contributed by atoms with van der Waals surface area (Å²) in [4.78, 5) is 4.21. The molecular formula is C20H18F2N4O3. The molecule has 1 aromatic carbocycles. The molecule has 2 aromatic heterocycles. The van der Waals surface area contributed by atoms with Gasteiger partial charge in [-0.25, -0.2) is 4.40 Å². The number of hydrogen-bond acceptors (Lipinski definition) is 6. The van der Waals surface area contributed by atoms with Gasteiger partial charge in [-0.3, -0.25) is 4.98 Å². The van der Waals surface area contributed by atoms with E-state index in [1.54, 1.807) is 28.9 Å². The molecule has 3 fully saturated rings. The van der Waals surface area contributed by atoms with Crippen LogP contribution in [-0.2, 0) is 4.74 Å². The fourth-order valence-corrected chi connectivity index (χ4v) is 5.01. The number of ether oxygens (including phenoxy) is 3. The normalized spacial score (nSPS) is 29.4. The summed E-state index contributed by atoms with van der Waals surface area (Å²) in [5.74, 6) is 2.98. The third-order valence-corrected chi connectivity index (χ3v) is 6.30. The van der Waals surface area contributed by atoms with Crippen LogP contribution in [0.25, 0.3) is 17.0 Å². The Morgan fingerprint density at radius 1 is 1.10 bits per heavy atom. The summed E-state index contributed by atoms with van der Waals surface area (Å²) in [6.45, 7) is -2.25. The number of halogens is 2. The Morgan fingerprint density at radius 3 is 2.72 bits per heavy atom. The van der Waals surface area contributed by atoms with E-state index in [1.807, 2.05) is 0 Å². The summed E-state index contributed by atoms with van der Waals surface area (Å²) < 4.78 is 42.8. The molecule has 0 amide bonds. The fourth-order valence-electron chi connectivity index (χ4n) is 5.01. The van der Waals surface area contributed by atoms with Gasteiger partial charge in [-0.1, -0.05) is 0 Å². The molecule has 3 aliphatic rings. The number of rotatable bonds is 6. The number of aromatic nitrogens is 4. The molecular weight excluding hydrogens is 382 g/mol. The predicted molar refractivity (Wildman–Crippen MR) is 96.7 cm³/mol. The minimum Gasteiger partial charge on any atom is -0.477 e. The SMILES string of the molecule is FC(F)Oc1ccc(-c2nnc3cncc(OCC4C[C@@H]5C[C@H]4[C@H]4O[C@@H]54)n23)cc1. The molecule has 3 heterocycles. The van der Waals surface area contributed by atoms with Crippen molar-refractivity contribution in [2.24, 2.45) is 17.8 Å². The van der Waals surface area contributed by atoms with E-state index in [0.29, 0.717) is 59.5 Å². The second-order valence-corrected chi connectivity index (χ2v) is 7.90. The van der Waals surface area contributed by atoms with Crippen molar-refractivity contribution in [3.05, 3.63) is 36.7 Å². The maximum absolute atomic E-state index is 12.4. The van der Waals surface area contributed by atoms with E-state index < -0.39 is 6.61 Å². The molecule has 2 bridgehead atoms. The standard InChI is InChI=1S/C20H18F2N4O3/c21-20(22)28-13-3-1-10(2-4-13)19-25-24-15-7-23-8-16(26(15)19)27-9-12-5-11-6-14(12)18-17(11)29-18/h1-4,7-8,11-12,14,17-18,20H,5-6,9H2/t11-,12?,14-,17+,18-/m1/s1. The van der Waals surface area contributed by atoms with Gasteiger partial charge in [0, 0.05) is 5.56 Å². The number of benzene rings is 1. The Morgan fingerprint density at radius 2 is 1.97 bits per heavy atom. The van der Waals surface area contributed by atoms with Crippen molar-refractivity contribution in [2.45, 2.75) is 31.7 Å². The van der Waals surface area contributed by atoms with Crippen molar-refractivity contribution in [3.63, 3.8) is 0 Å². The first-order chi connectivity index (χ1) is 14.2. The van der Waals surface area contributed by atoms with Gasteiger partial charge in [-0.15, -0.1) is 10.2 Å². The molecule has 2 saturated carbocycles. The van der Waals surface area contributed by atoms with E-state index in [0.717, 1.165) is 6.42 Å². The summed E-state index contributed by atoms with van der Waals surface area (Å²) in [5, 5.41) is 8.40. The van der Waals surface area contributed by atoms with Crippen molar-refractivity contribution in [3.8, 4) is 23.0 Å². The van der Waals surface area contributed by atoms with Crippen LogP contribution >= 0.6 is 0 Å². The van der Waals surface area contributed by atoms with Crippen LogP contribution < -0.4 is 9.47 Å². The van der Waals surface area contributed by atoms with Crippen LogP contribution in [0, 0.1) is 17.8 Å². The van der Waals surface area contributed by atoms with Crippen LogP contribution in [0.4, 0.5) is 8.78 Å². The van der Waals surface area contributed by atoms with Crippen LogP contribution in [0.15, 0.2) is 36.7 Å². The second-order valence-electron chi connectivity index (χ2n) is 7.90. The van der Waals surface area contributed by atoms with Crippen molar-refractivity contribution in [2.75, 3.05) is 6.61 Å². The predicted octanol–water partition coefficient (Wildman–Crippen LogP) is 3.19. The van der Waals surface area contributed by atoms with Gasteiger partial charge in [0.1, 0.15) is 5.75 Å². The highest BCUT2D eigenvalue weighted by Gasteiger charge is 2.63. The zero-order valence-electron chi connectivity index (χ0n) is 15.3. The first-order valence-corrected chi connectivity index (χ1v) is 9.70. The van der Waals surface area contributed by atoms with Gasteiger partial charge >= 0.3 is 6.61 Å². The molecule has 150 valence electrons. The number of epoxide rings is 1. The maximum Gasteiger partial charge on any atom is 0.387 e. The Hall–Kier alpha value is -2.81. The van der Waals surface area contributed by atoms with Crippen LogP contribution in [0.3, 0.4) is 0 Å². The molecule has 0 N–H and O–H groups in total. The van der Waals surface area contributed by atoms with Gasteiger partial charge in [0.05, 0.1) is 31.2 Å². The van der Waals surface area contributed by atoms with Crippen LogP contribution in [0.5, 0.6) is 11.6 Å². The molecule has 1 saturated heterocycles.